The first-order chi connectivity index (χ1) is 7.18. The first-order valence-corrected chi connectivity index (χ1v) is 4.33. The van der Waals surface area contributed by atoms with Gasteiger partial charge in [0, 0.05) is 5.56 Å². The molecule has 2 rings (SSSR count). The average molecular weight is 210 g/mol. The Morgan fingerprint density at radius 3 is 2.47 bits per heavy atom. The third-order valence-electron chi connectivity index (χ3n) is 2.12. The number of hydrogen-bond donors (Lipinski definition) is 1. The fraction of sp³-hybridized carbons (Fsp3) is 0.0909. The van der Waals surface area contributed by atoms with Crippen LogP contribution in [-0.2, 0) is 0 Å². The fourth-order valence-electron chi connectivity index (χ4n) is 1.31. The van der Waals surface area contributed by atoms with Gasteiger partial charge < -0.3 is 9.52 Å². The summed E-state index contributed by atoms with van der Waals surface area (Å²) in [4.78, 5) is 0. The van der Waals surface area contributed by atoms with Gasteiger partial charge in [-0.05, 0) is 23.8 Å². The lowest BCUT2D eigenvalue weighted by Gasteiger charge is -2.08. The zero-order valence-electron chi connectivity index (χ0n) is 7.65. The number of halogens is 2. The largest absolute Gasteiger partial charge is 0.472 e. The molecule has 1 N–H and O–H groups in total. The molecule has 0 amide bonds. The van der Waals surface area contributed by atoms with E-state index in [1.807, 2.05) is 0 Å². The van der Waals surface area contributed by atoms with E-state index in [0.717, 1.165) is 12.1 Å². The van der Waals surface area contributed by atoms with Crippen molar-refractivity contribution in [1.82, 2.24) is 0 Å². The van der Waals surface area contributed by atoms with Crippen molar-refractivity contribution in [2.24, 2.45) is 0 Å². The topological polar surface area (TPSA) is 33.4 Å². The maximum atomic E-state index is 12.9. The monoisotopic (exact) mass is 210 g/mol. The number of rotatable bonds is 2. The van der Waals surface area contributed by atoms with Crippen LogP contribution >= 0.6 is 0 Å². The highest BCUT2D eigenvalue weighted by molar-refractivity contribution is 5.28. The number of furan rings is 1. The molecule has 0 radical (unpaired) electrons. The number of benzene rings is 1. The summed E-state index contributed by atoms with van der Waals surface area (Å²) in [7, 11) is 0. The highest BCUT2D eigenvalue weighted by Crippen LogP contribution is 2.23. The minimum atomic E-state index is -1.00. The van der Waals surface area contributed by atoms with Crippen LogP contribution in [0.3, 0.4) is 0 Å². The quantitative estimate of drug-likeness (QED) is 0.826. The van der Waals surface area contributed by atoms with E-state index in [1.165, 1.54) is 18.6 Å². The predicted molar refractivity (Wildman–Crippen MR) is 49.1 cm³/mol. The van der Waals surface area contributed by atoms with Crippen molar-refractivity contribution in [2.75, 3.05) is 0 Å². The van der Waals surface area contributed by atoms with E-state index in [2.05, 4.69) is 0 Å². The van der Waals surface area contributed by atoms with Crippen molar-refractivity contribution in [2.45, 2.75) is 6.10 Å². The van der Waals surface area contributed by atoms with Crippen LogP contribution in [-0.4, -0.2) is 5.11 Å². The molecule has 0 saturated heterocycles. The molecule has 15 heavy (non-hydrogen) atoms. The molecule has 2 aromatic rings. The maximum absolute atomic E-state index is 12.9. The van der Waals surface area contributed by atoms with Crippen LogP contribution in [0.4, 0.5) is 8.78 Å². The van der Waals surface area contributed by atoms with E-state index in [-0.39, 0.29) is 5.56 Å². The molecule has 0 aliphatic carbocycles. The molecule has 0 fully saturated rings. The SMILES string of the molecule is O[C@@H](c1ccoc1)c1ccc(F)c(F)c1. The molecule has 4 heteroatoms. The van der Waals surface area contributed by atoms with Crippen molar-refractivity contribution in [3.63, 3.8) is 0 Å². The van der Waals surface area contributed by atoms with Crippen LogP contribution in [0.15, 0.2) is 41.2 Å². The van der Waals surface area contributed by atoms with Crippen LogP contribution in [0.25, 0.3) is 0 Å². The molecule has 2 nitrogen and oxygen atoms in total. The lowest BCUT2D eigenvalue weighted by molar-refractivity contribution is 0.218. The van der Waals surface area contributed by atoms with Crippen LogP contribution in [0.1, 0.15) is 17.2 Å². The summed E-state index contributed by atoms with van der Waals surface area (Å²) < 4.78 is 30.3. The fourth-order valence-corrected chi connectivity index (χ4v) is 1.31. The van der Waals surface area contributed by atoms with E-state index in [4.69, 9.17) is 4.42 Å². The van der Waals surface area contributed by atoms with Gasteiger partial charge >= 0.3 is 0 Å². The number of aliphatic hydroxyl groups is 1. The van der Waals surface area contributed by atoms with Gasteiger partial charge in [-0.2, -0.15) is 0 Å². The zero-order chi connectivity index (χ0) is 10.8. The first kappa shape index (κ1) is 9.86. The van der Waals surface area contributed by atoms with Gasteiger partial charge in [0.2, 0.25) is 0 Å². The van der Waals surface area contributed by atoms with Crippen molar-refractivity contribution in [1.29, 1.82) is 0 Å². The highest BCUT2D eigenvalue weighted by Gasteiger charge is 2.13. The summed E-state index contributed by atoms with van der Waals surface area (Å²) >= 11 is 0. The Balaban J connectivity index is 2.34. The Hall–Kier alpha value is -1.68. The third kappa shape index (κ3) is 1.89. The van der Waals surface area contributed by atoms with Gasteiger partial charge in [-0.3, -0.25) is 0 Å². The van der Waals surface area contributed by atoms with Gasteiger partial charge in [-0.15, -0.1) is 0 Å². The van der Waals surface area contributed by atoms with Crippen molar-refractivity contribution >= 4 is 0 Å². The van der Waals surface area contributed by atoms with Gasteiger partial charge in [0.05, 0.1) is 12.5 Å². The third-order valence-corrected chi connectivity index (χ3v) is 2.12. The molecule has 0 saturated carbocycles. The maximum Gasteiger partial charge on any atom is 0.159 e. The Kier molecular flexibility index (Phi) is 2.51. The molecule has 0 spiro atoms. The Labute approximate surface area is 84.8 Å². The Morgan fingerprint density at radius 2 is 1.87 bits per heavy atom. The van der Waals surface area contributed by atoms with E-state index < -0.39 is 17.7 Å². The van der Waals surface area contributed by atoms with Gasteiger partial charge in [0.15, 0.2) is 11.6 Å². The van der Waals surface area contributed by atoms with E-state index in [0.29, 0.717) is 5.56 Å². The number of aliphatic hydroxyl groups excluding tert-OH is 1. The van der Waals surface area contributed by atoms with E-state index in [1.54, 1.807) is 6.07 Å². The van der Waals surface area contributed by atoms with Crippen LogP contribution in [0.2, 0.25) is 0 Å². The zero-order valence-corrected chi connectivity index (χ0v) is 7.65. The summed E-state index contributed by atoms with van der Waals surface area (Å²) in [5.41, 5.74) is 0.788. The normalized spacial score (nSPS) is 12.7. The minimum Gasteiger partial charge on any atom is -0.472 e. The van der Waals surface area contributed by atoms with Crippen LogP contribution in [0, 0.1) is 11.6 Å². The second-order valence-corrected chi connectivity index (χ2v) is 3.13. The molecule has 1 atom stereocenters. The van der Waals surface area contributed by atoms with Gasteiger partial charge in [0.25, 0.3) is 0 Å². The van der Waals surface area contributed by atoms with Crippen molar-refractivity contribution in [3.8, 4) is 0 Å². The minimum absolute atomic E-state index is 0.287. The Bertz CT molecular complexity index is 452. The average Bonchev–Trinajstić information content (AvgIpc) is 2.74. The van der Waals surface area contributed by atoms with E-state index in [9.17, 15) is 13.9 Å². The summed E-state index contributed by atoms with van der Waals surface area (Å²) in [6.45, 7) is 0. The molecule has 78 valence electrons. The van der Waals surface area contributed by atoms with Gasteiger partial charge in [-0.1, -0.05) is 6.07 Å². The van der Waals surface area contributed by atoms with E-state index >= 15 is 0 Å². The lowest BCUT2D eigenvalue weighted by Crippen LogP contribution is -1.99. The summed E-state index contributed by atoms with van der Waals surface area (Å²) in [5, 5.41) is 9.75. The van der Waals surface area contributed by atoms with Gasteiger partial charge in [-0.25, -0.2) is 8.78 Å². The molecule has 1 aromatic carbocycles. The standard InChI is InChI=1S/C11H8F2O2/c12-9-2-1-7(5-10(9)13)11(14)8-3-4-15-6-8/h1-6,11,14H/t11-/m1/s1. The summed E-state index contributed by atoms with van der Waals surface area (Å²) in [6, 6.07) is 4.84. The number of hydrogen-bond acceptors (Lipinski definition) is 2. The Morgan fingerprint density at radius 1 is 1.07 bits per heavy atom. The molecule has 0 bridgehead atoms. The second kappa shape index (κ2) is 3.82. The highest BCUT2D eigenvalue weighted by atomic mass is 19.2. The summed E-state index contributed by atoms with van der Waals surface area (Å²) in [6.07, 6.45) is 1.75. The molecule has 0 aliphatic heterocycles. The first-order valence-electron chi connectivity index (χ1n) is 4.33. The van der Waals surface area contributed by atoms with Gasteiger partial charge in [0.1, 0.15) is 6.10 Å². The van der Waals surface area contributed by atoms with Crippen molar-refractivity contribution < 1.29 is 18.3 Å². The molecule has 0 unspecified atom stereocenters. The van der Waals surface area contributed by atoms with Crippen LogP contribution < -0.4 is 0 Å². The molecule has 0 aliphatic rings. The molecular weight excluding hydrogens is 202 g/mol. The smallest absolute Gasteiger partial charge is 0.159 e. The molecule has 1 aromatic heterocycles. The summed E-state index contributed by atoms with van der Waals surface area (Å²) in [5.74, 6) is -1.91. The second-order valence-electron chi connectivity index (χ2n) is 3.13. The van der Waals surface area contributed by atoms with Crippen LogP contribution in [0.5, 0.6) is 0 Å². The predicted octanol–water partition coefficient (Wildman–Crippen LogP) is 2.64. The van der Waals surface area contributed by atoms with Crippen molar-refractivity contribution in [3.05, 3.63) is 59.6 Å². The lowest BCUT2D eigenvalue weighted by atomic mass is 10.0. The molecular formula is C11H8F2O2. The molecule has 1 heterocycles.